The lowest BCUT2D eigenvalue weighted by Crippen LogP contribution is -2.43. The molecule has 1 unspecified atom stereocenters. The molecule has 11 heteroatoms. The van der Waals surface area contributed by atoms with E-state index in [1.54, 1.807) is 20.8 Å². The van der Waals surface area contributed by atoms with Crippen molar-refractivity contribution < 1.29 is 35.9 Å². The van der Waals surface area contributed by atoms with E-state index in [1.165, 1.54) is 12.1 Å². The second-order valence-corrected chi connectivity index (χ2v) is 13.3. The Morgan fingerprint density at radius 2 is 1.66 bits per heavy atom. The van der Waals surface area contributed by atoms with Gasteiger partial charge in [-0.2, -0.15) is 0 Å². The Morgan fingerprint density at radius 1 is 1.14 bits per heavy atom. The second-order valence-electron chi connectivity index (χ2n) is 8.10. The Bertz CT molecular complexity index is 934. The zero-order valence-corrected chi connectivity index (χ0v) is 18.9. The van der Waals surface area contributed by atoms with Crippen molar-refractivity contribution in [2.24, 2.45) is 0 Å². The van der Waals surface area contributed by atoms with Crippen molar-refractivity contribution in [1.82, 2.24) is 5.32 Å². The van der Waals surface area contributed by atoms with Crippen LogP contribution in [0.15, 0.2) is 18.2 Å². The smallest absolute Gasteiger partial charge is 0.407 e. The first-order chi connectivity index (χ1) is 12.9. The molecule has 1 aromatic carbocycles. The summed E-state index contributed by atoms with van der Waals surface area (Å²) in [7, 11) is -8.16. The van der Waals surface area contributed by atoms with E-state index in [0.29, 0.717) is 0 Å². The van der Waals surface area contributed by atoms with Crippen LogP contribution in [0.4, 0.5) is 9.18 Å². The van der Waals surface area contributed by atoms with E-state index in [9.17, 15) is 31.1 Å². The molecular formula is C18H28FNO7S2. The van der Waals surface area contributed by atoms with E-state index in [-0.39, 0.29) is 17.7 Å². The molecule has 0 aliphatic carbocycles. The van der Waals surface area contributed by atoms with Gasteiger partial charge in [0.2, 0.25) is 0 Å². The first kappa shape index (κ1) is 25.3. The molecule has 0 aliphatic rings. The summed E-state index contributed by atoms with van der Waals surface area (Å²) in [5.74, 6) is -0.752. The van der Waals surface area contributed by atoms with Crippen molar-refractivity contribution in [3.05, 3.63) is 35.1 Å². The van der Waals surface area contributed by atoms with Crippen LogP contribution < -0.4 is 5.32 Å². The first-order valence-corrected chi connectivity index (χ1v) is 12.5. The van der Waals surface area contributed by atoms with Crippen molar-refractivity contribution in [2.45, 2.75) is 56.4 Å². The number of ether oxygens (including phenoxy) is 1. The van der Waals surface area contributed by atoms with Gasteiger partial charge >= 0.3 is 6.09 Å². The third-order valence-electron chi connectivity index (χ3n) is 4.42. The number of aliphatic hydroxyl groups excluding tert-OH is 1. The SMILES string of the molecule is CC(C)(C)OC(=O)NCc1ccc(C(O)CC(C)(S(C)(=O)=O)S(C)(=O)=O)cc1F. The summed E-state index contributed by atoms with van der Waals surface area (Å²) in [6, 6.07) is 3.62. The van der Waals surface area contributed by atoms with E-state index in [4.69, 9.17) is 4.74 Å². The topological polar surface area (TPSA) is 127 Å². The maximum Gasteiger partial charge on any atom is 0.407 e. The van der Waals surface area contributed by atoms with Crippen LogP contribution >= 0.6 is 0 Å². The van der Waals surface area contributed by atoms with Gasteiger partial charge in [-0.25, -0.2) is 26.0 Å². The molecule has 0 aliphatic heterocycles. The Balaban J connectivity index is 2.99. The number of rotatable bonds is 7. The molecular weight excluding hydrogens is 425 g/mol. The zero-order chi connectivity index (χ0) is 22.8. The van der Waals surface area contributed by atoms with Crippen molar-refractivity contribution in [1.29, 1.82) is 0 Å². The molecule has 0 radical (unpaired) electrons. The molecule has 29 heavy (non-hydrogen) atoms. The molecule has 0 aromatic heterocycles. The predicted octanol–water partition coefficient (Wildman–Crippen LogP) is 2.08. The molecule has 0 spiro atoms. The Labute approximate surface area is 171 Å². The maximum atomic E-state index is 14.4. The average molecular weight is 454 g/mol. The number of hydrogen-bond acceptors (Lipinski definition) is 7. The highest BCUT2D eigenvalue weighted by Gasteiger charge is 2.47. The number of aliphatic hydroxyl groups is 1. The number of sulfone groups is 2. The van der Waals surface area contributed by atoms with E-state index in [1.807, 2.05) is 0 Å². The molecule has 1 atom stereocenters. The maximum absolute atomic E-state index is 14.4. The van der Waals surface area contributed by atoms with Crippen LogP contribution in [0.3, 0.4) is 0 Å². The van der Waals surface area contributed by atoms with Gasteiger partial charge in [-0.05, 0) is 39.3 Å². The summed E-state index contributed by atoms with van der Waals surface area (Å²) in [4.78, 5) is 11.7. The standard InChI is InChI=1S/C18H28FNO7S2/c1-17(2,3)27-16(22)20-11-13-8-7-12(9-14(13)19)15(21)10-18(4,28(5,23)24)29(6,25)26/h7-9,15,21H,10-11H2,1-6H3,(H,20,22). The van der Waals surface area contributed by atoms with Gasteiger partial charge in [0.1, 0.15) is 11.4 Å². The van der Waals surface area contributed by atoms with Gasteiger partial charge in [0.05, 0.1) is 6.10 Å². The fraction of sp³-hybridized carbons (Fsp3) is 0.611. The van der Waals surface area contributed by atoms with E-state index < -0.39 is 53.8 Å². The van der Waals surface area contributed by atoms with Crippen LogP contribution in [0.2, 0.25) is 0 Å². The highest BCUT2D eigenvalue weighted by molar-refractivity contribution is 8.09. The number of nitrogens with one attached hydrogen (secondary N) is 1. The Morgan fingerprint density at radius 3 is 2.07 bits per heavy atom. The lowest BCUT2D eigenvalue weighted by Gasteiger charge is -2.28. The fourth-order valence-corrected chi connectivity index (χ4v) is 5.56. The lowest BCUT2D eigenvalue weighted by atomic mass is 10.0. The second kappa shape index (κ2) is 8.57. The molecule has 0 saturated heterocycles. The molecule has 0 fully saturated rings. The minimum atomic E-state index is -4.08. The molecule has 166 valence electrons. The number of benzene rings is 1. The Kier molecular flexibility index (Phi) is 7.48. The molecule has 0 saturated carbocycles. The van der Waals surface area contributed by atoms with Crippen molar-refractivity contribution in [2.75, 3.05) is 12.5 Å². The quantitative estimate of drug-likeness (QED) is 0.647. The van der Waals surface area contributed by atoms with Gasteiger partial charge in [-0.15, -0.1) is 0 Å². The summed E-state index contributed by atoms with van der Waals surface area (Å²) in [6.45, 7) is 5.90. The van der Waals surface area contributed by atoms with Crippen LogP contribution in [0, 0.1) is 5.82 Å². The minimum Gasteiger partial charge on any atom is -0.444 e. The van der Waals surface area contributed by atoms with Crippen LogP contribution in [0.5, 0.6) is 0 Å². The minimum absolute atomic E-state index is 0.0158. The molecule has 0 bridgehead atoms. The number of hydrogen-bond donors (Lipinski definition) is 2. The summed E-state index contributed by atoms with van der Waals surface area (Å²) in [5, 5.41) is 12.8. The highest BCUT2D eigenvalue weighted by Crippen LogP contribution is 2.34. The zero-order valence-electron chi connectivity index (χ0n) is 17.3. The van der Waals surface area contributed by atoms with E-state index in [2.05, 4.69) is 5.32 Å². The summed E-state index contributed by atoms with van der Waals surface area (Å²) in [5.41, 5.74) is -0.578. The summed E-state index contributed by atoms with van der Waals surface area (Å²) >= 11 is 0. The van der Waals surface area contributed by atoms with Gasteiger partial charge in [0, 0.05) is 31.0 Å². The van der Waals surface area contributed by atoms with Gasteiger partial charge in [-0.1, -0.05) is 12.1 Å². The van der Waals surface area contributed by atoms with Crippen LogP contribution in [0.25, 0.3) is 0 Å². The molecule has 1 amide bonds. The number of alkyl carbamates (subject to hydrolysis) is 1. The molecule has 1 aromatic rings. The first-order valence-electron chi connectivity index (χ1n) is 8.70. The molecule has 1 rings (SSSR count). The largest absolute Gasteiger partial charge is 0.444 e. The molecule has 0 heterocycles. The number of amides is 1. The predicted molar refractivity (Wildman–Crippen MR) is 107 cm³/mol. The van der Waals surface area contributed by atoms with Crippen LogP contribution in [-0.4, -0.2) is 50.2 Å². The molecule has 8 nitrogen and oxygen atoms in total. The lowest BCUT2D eigenvalue weighted by molar-refractivity contribution is 0.0523. The van der Waals surface area contributed by atoms with Crippen LogP contribution in [-0.2, 0) is 31.0 Å². The van der Waals surface area contributed by atoms with Crippen LogP contribution in [0.1, 0.15) is 51.3 Å². The average Bonchev–Trinajstić information content (AvgIpc) is 2.49. The van der Waals surface area contributed by atoms with E-state index >= 15 is 0 Å². The van der Waals surface area contributed by atoms with Gasteiger partial charge in [-0.3, -0.25) is 0 Å². The number of carbonyl (C=O) groups is 1. The summed E-state index contributed by atoms with van der Waals surface area (Å²) < 4.78 is 65.3. The van der Waals surface area contributed by atoms with E-state index in [0.717, 1.165) is 25.5 Å². The molecule has 2 N–H and O–H groups in total. The number of halogens is 1. The van der Waals surface area contributed by atoms with Crippen molar-refractivity contribution in [3.63, 3.8) is 0 Å². The van der Waals surface area contributed by atoms with Gasteiger partial charge in [0.25, 0.3) is 0 Å². The normalized spacial score (nSPS) is 14.3. The van der Waals surface area contributed by atoms with Gasteiger partial charge in [0.15, 0.2) is 23.8 Å². The van der Waals surface area contributed by atoms with Crippen molar-refractivity contribution in [3.8, 4) is 0 Å². The highest BCUT2D eigenvalue weighted by atomic mass is 32.3. The fourth-order valence-electron chi connectivity index (χ4n) is 2.44. The monoisotopic (exact) mass is 453 g/mol. The number of carbonyl (C=O) groups excluding carboxylic acids is 1. The van der Waals surface area contributed by atoms with Gasteiger partial charge < -0.3 is 15.2 Å². The van der Waals surface area contributed by atoms with Crippen molar-refractivity contribution >= 4 is 25.8 Å². The third kappa shape index (κ3) is 6.65. The Hall–Kier alpha value is -1.72. The third-order valence-corrected chi connectivity index (χ3v) is 9.70. The summed E-state index contributed by atoms with van der Waals surface area (Å²) in [6.07, 6.45) is -1.37.